The summed E-state index contributed by atoms with van der Waals surface area (Å²) in [5.41, 5.74) is -0.493. The summed E-state index contributed by atoms with van der Waals surface area (Å²) in [6.07, 6.45) is 1.34. The first-order chi connectivity index (χ1) is 7.82. The van der Waals surface area contributed by atoms with E-state index in [2.05, 4.69) is 5.32 Å². The van der Waals surface area contributed by atoms with Crippen LogP contribution in [0.1, 0.15) is 33.6 Å². The summed E-state index contributed by atoms with van der Waals surface area (Å²) in [5, 5.41) is 11.7. The SMILES string of the molecule is CC(C)(C)[C@H](NC(=O)C1CCOCC1)C(=O)O. The summed E-state index contributed by atoms with van der Waals surface area (Å²) in [6, 6.07) is -0.849. The van der Waals surface area contributed by atoms with Crippen LogP contribution in [0.3, 0.4) is 0 Å². The van der Waals surface area contributed by atoms with E-state index in [1.807, 2.05) is 0 Å². The van der Waals surface area contributed by atoms with Gasteiger partial charge in [-0.3, -0.25) is 4.79 Å². The molecule has 1 fully saturated rings. The van der Waals surface area contributed by atoms with Gasteiger partial charge in [0, 0.05) is 19.1 Å². The number of carboxylic acid groups (broad SMARTS) is 1. The van der Waals surface area contributed by atoms with Gasteiger partial charge in [-0.1, -0.05) is 20.8 Å². The first-order valence-electron chi connectivity index (χ1n) is 5.93. The van der Waals surface area contributed by atoms with Crippen LogP contribution in [0.5, 0.6) is 0 Å². The highest BCUT2D eigenvalue weighted by Gasteiger charge is 2.34. The molecule has 0 spiro atoms. The van der Waals surface area contributed by atoms with E-state index in [-0.39, 0.29) is 11.8 Å². The minimum atomic E-state index is -0.988. The molecular weight excluding hydrogens is 222 g/mol. The van der Waals surface area contributed by atoms with Crippen LogP contribution in [0, 0.1) is 11.3 Å². The van der Waals surface area contributed by atoms with E-state index in [4.69, 9.17) is 9.84 Å². The van der Waals surface area contributed by atoms with Crippen molar-refractivity contribution in [3.8, 4) is 0 Å². The fourth-order valence-electron chi connectivity index (χ4n) is 1.87. The molecule has 0 aromatic rings. The van der Waals surface area contributed by atoms with Crippen molar-refractivity contribution < 1.29 is 19.4 Å². The standard InChI is InChI=1S/C12H21NO4/c1-12(2,3)9(11(15)16)13-10(14)8-4-6-17-7-5-8/h8-9H,4-7H2,1-3H3,(H,13,14)(H,15,16)/t9-/m1/s1. The highest BCUT2D eigenvalue weighted by molar-refractivity contribution is 5.85. The molecule has 0 radical (unpaired) electrons. The lowest BCUT2D eigenvalue weighted by Crippen LogP contribution is -2.51. The lowest BCUT2D eigenvalue weighted by atomic mass is 9.86. The van der Waals surface area contributed by atoms with Crippen molar-refractivity contribution in [2.75, 3.05) is 13.2 Å². The molecule has 0 saturated carbocycles. The van der Waals surface area contributed by atoms with Gasteiger partial charge in [0.05, 0.1) is 0 Å². The Morgan fingerprint density at radius 1 is 1.29 bits per heavy atom. The topological polar surface area (TPSA) is 75.6 Å². The van der Waals surface area contributed by atoms with Gasteiger partial charge in [-0.05, 0) is 18.3 Å². The number of carbonyl (C=O) groups excluding carboxylic acids is 1. The molecule has 98 valence electrons. The summed E-state index contributed by atoms with van der Waals surface area (Å²) in [7, 11) is 0. The fourth-order valence-corrected chi connectivity index (χ4v) is 1.87. The van der Waals surface area contributed by atoms with E-state index in [0.717, 1.165) is 0 Å². The van der Waals surface area contributed by atoms with Crippen molar-refractivity contribution in [1.29, 1.82) is 0 Å². The van der Waals surface area contributed by atoms with Gasteiger partial charge < -0.3 is 15.2 Å². The molecule has 0 aromatic carbocycles. The second-order valence-electron chi connectivity index (χ2n) is 5.53. The zero-order valence-electron chi connectivity index (χ0n) is 10.7. The molecule has 1 amide bonds. The average Bonchev–Trinajstić information content (AvgIpc) is 2.24. The Hall–Kier alpha value is -1.10. The van der Waals surface area contributed by atoms with E-state index in [1.54, 1.807) is 20.8 Å². The Morgan fingerprint density at radius 2 is 1.82 bits per heavy atom. The van der Waals surface area contributed by atoms with E-state index >= 15 is 0 Å². The van der Waals surface area contributed by atoms with Crippen LogP contribution >= 0.6 is 0 Å². The minimum absolute atomic E-state index is 0.118. The maximum atomic E-state index is 11.9. The van der Waals surface area contributed by atoms with Crippen molar-refractivity contribution in [2.45, 2.75) is 39.7 Å². The number of nitrogens with one attached hydrogen (secondary N) is 1. The normalized spacial score (nSPS) is 19.7. The number of amides is 1. The van der Waals surface area contributed by atoms with E-state index in [0.29, 0.717) is 26.1 Å². The van der Waals surface area contributed by atoms with Crippen LogP contribution in [0.4, 0.5) is 0 Å². The zero-order valence-corrected chi connectivity index (χ0v) is 10.7. The average molecular weight is 243 g/mol. The second kappa shape index (κ2) is 5.49. The molecule has 1 heterocycles. The Labute approximate surface area is 102 Å². The molecule has 0 aliphatic carbocycles. The van der Waals surface area contributed by atoms with Crippen molar-refractivity contribution in [3.63, 3.8) is 0 Å². The van der Waals surface area contributed by atoms with Gasteiger partial charge in [0.15, 0.2) is 0 Å². The Kier molecular flexibility index (Phi) is 4.51. The maximum absolute atomic E-state index is 11.9. The van der Waals surface area contributed by atoms with Crippen LogP contribution in [-0.2, 0) is 14.3 Å². The van der Waals surface area contributed by atoms with Crippen LogP contribution in [0.25, 0.3) is 0 Å². The van der Waals surface area contributed by atoms with Gasteiger partial charge >= 0.3 is 5.97 Å². The summed E-state index contributed by atoms with van der Waals surface area (Å²) >= 11 is 0. The van der Waals surface area contributed by atoms with Crippen LogP contribution in [0.2, 0.25) is 0 Å². The molecule has 1 atom stereocenters. The lowest BCUT2D eigenvalue weighted by Gasteiger charge is -2.30. The highest BCUT2D eigenvalue weighted by Crippen LogP contribution is 2.21. The van der Waals surface area contributed by atoms with Crippen molar-refractivity contribution in [1.82, 2.24) is 5.32 Å². The quantitative estimate of drug-likeness (QED) is 0.776. The van der Waals surface area contributed by atoms with Gasteiger partial charge in [-0.15, -0.1) is 0 Å². The van der Waals surface area contributed by atoms with E-state index in [1.165, 1.54) is 0 Å². The number of ether oxygens (including phenoxy) is 1. The molecule has 0 unspecified atom stereocenters. The van der Waals surface area contributed by atoms with E-state index in [9.17, 15) is 9.59 Å². The van der Waals surface area contributed by atoms with Gasteiger partial charge in [0.2, 0.25) is 5.91 Å². The molecule has 5 heteroatoms. The number of aliphatic carboxylic acids is 1. The summed E-state index contributed by atoms with van der Waals surface area (Å²) in [4.78, 5) is 23.1. The number of carbonyl (C=O) groups is 2. The van der Waals surface area contributed by atoms with Gasteiger partial charge in [-0.2, -0.15) is 0 Å². The number of hydrogen-bond donors (Lipinski definition) is 2. The van der Waals surface area contributed by atoms with E-state index < -0.39 is 17.4 Å². The molecule has 0 aromatic heterocycles. The molecule has 0 bridgehead atoms. The third-order valence-corrected chi connectivity index (χ3v) is 2.99. The number of carboxylic acids is 1. The maximum Gasteiger partial charge on any atom is 0.326 e. The Balaban J connectivity index is 2.60. The van der Waals surface area contributed by atoms with Crippen LogP contribution in [-0.4, -0.2) is 36.2 Å². The van der Waals surface area contributed by atoms with Crippen LogP contribution < -0.4 is 5.32 Å². The molecule has 1 rings (SSSR count). The Bertz CT molecular complexity index is 289. The van der Waals surface area contributed by atoms with Crippen LogP contribution in [0.15, 0.2) is 0 Å². The number of rotatable bonds is 3. The molecule has 2 N–H and O–H groups in total. The van der Waals surface area contributed by atoms with Crippen molar-refractivity contribution in [3.05, 3.63) is 0 Å². The monoisotopic (exact) mass is 243 g/mol. The van der Waals surface area contributed by atoms with Crippen molar-refractivity contribution in [2.24, 2.45) is 11.3 Å². The summed E-state index contributed by atoms with van der Waals surface area (Å²) in [5.74, 6) is -1.28. The van der Waals surface area contributed by atoms with Gasteiger partial charge in [0.25, 0.3) is 0 Å². The lowest BCUT2D eigenvalue weighted by molar-refractivity contribution is -0.146. The summed E-state index contributed by atoms with van der Waals surface area (Å²) < 4.78 is 5.17. The molecular formula is C12H21NO4. The van der Waals surface area contributed by atoms with Crippen molar-refractivity contribution >= 4 is 11.9 Å². The first kappa shape index (κ1) is 14.0. The largest absolute Gasteiger partial charge is 0.480 e. The fraction of sp³-hybridized carbons (Fsp3) is 0.833. The highest BCUT2D eigenvalue weighted by atomic mass is 16.5. The third kappa shape index (κ3) is 4.00. The zero-order chi connectivity index (χ0) is 13.1. The first-order valence-corrected chi connectivity index (χ1v) is 5.93. The molecule has 1 saturated heterocycles. The third-order valence-electron chi connectivity index (χ3n) is 2.99. The summed E-state index contributed by atoms with van der Waals surface area (Å²) in [6.45, 7) is 6.55. The second-order valence-corrected chi connectivity index (χ2v) is 5.53. The predicted octanol–water partition coefficient (Wildman–Crippen LogP) is 1.03. The molecule has 5 nitrogen and oxygen atoms in total. The Morgan fingerprint density at radius 3 is 2.24 bits per heavy atom. The smallest absolute Gasteiger partial charge is 0.326 e. The molecule has 17 heavy (non-hydrogen) atoms. The van der Waals surface area contributed by atoms with Gasteiger partial charge in [-0.25, -0.2) is 4.79 Å². The molecule has 1 aliphatic rings. The molecule has 1 aliphatic heterocycles. The predicted molar refractivity (Wildman–Crippen MR) is 62.6 cm³/mol. The minimum Gasteiger partial charge on any atom is -0.480 e. The number of hydrogen-bond acceptors (Lipinski definition) is 3. The van der Waals surface area contributed by atoms with Gasteiger partial charge in [0.1, 0.15) is 6.04 Å².